The molecule has 1 N–H and O–H groups in total. The molecule has 0 spiro atoms. The fraction of sp³-hybridized carbons (Fsp3) is 0.462. The molecule has 100 valence electrons. The van der Waals surface area contributed by atoms with E-state index in [9.17, 15) is 10.1 Å². The van der Waals surface area contributed by atoms with E-state index in [0.717, 1.165) is 18.8 Å². The Morgan fingerprint density at radius 1 is 1.42 bits per heavy atom. The SMILES string of the molecule is CC1CN(c2ccc([N+](=O)[O-])c(C#N)c2)CC(C)N1. The molecule has 6 heteroatoms. The van der Waals surface area contributed by atoms with Crippen molar-refractivity contribution in [2.75, 3.05) is 18.0 Å². The average Bonchev–Trinajstić information content (AvgIpc) is 2.36. The van der Waals surface area contributed by atoms with Crippen molar-refractivity contribution >= 4 is 11.4 Å². The van der Waals surface area contributed by atoms with Crippen LogP contribution in [0.3, 0.4) is 0 Å². The Morgan fingerprint density at radius 2 is 2.05 bits per heavy atom. The maximum absolute atomic E-state index is 10.8. The molecule has 2 unspecified atom stereocenters. The van der Waals surface area contributed by atoms with E-state index in [2.05, 4.69) is 24.1 Å². The average molecular weight is 260 g/mol. The molecule has 1 aromatic rings. The highest BCUT2D eigenvalue weighted by Crippen LogP contribution is 2.25. The monoisotopic (exact) mass is 260 g/mol. The lowest BCUT2D eigenvalue weighted by molar-refractivity contribution is -0.385. The number of nitrogens with one attached hydrogen (secondary N) is 1. The number of piperazine rings is 1. The van der Waals surface area contributed by atoms with E-state index in [1.165, 1.54) is 6.07 Å². The number of benzene rings is 1. The number of nitrogens with zero attached hydrogens (tertiary/aromatic N) is 3. The molecule has 19 heavy (non-hydrogen) atoms. The predicted molar refractivity (Wildman–Crippen MR) is 72.1 cm³/mol. The molecule has 6 nitrogen and oxygen atoms in total. The standard InChI is InChI=1S/C13H16N4O2/c1-9-7-16(8-10(2)15-9)12-3-4-13(17(18)19)11(5-12)6-14/h3-5,9-10,15H,7-8H2,1-2H3. The minimum absolute atomic E-state index is 0.112. The lowest BCUT2D eigenvalue weighted by atomic mass is 10.1. The van der Waals surface area contributed by atoms with Crippen LogP contribution < -0.4 is 10.2 Å². The van der Waals surface area contributed by atoms with Crippen LogP contribution in [0.2, 0.25) is 0 Å². The summed E-state index contributed by atoms with van der Waals surface area (Å²) in [5.41, 5.74) is 0.839. The van der Waals surface area contributed by atoms with Gasteiger partial charge in [-0.05, 0) is 26.0 Å². The minimum Gasteiger partial charge on any atom is -0.368 e. The van der Waals surface area contributed by atoms with E-state index < -0.39 is 4.92 Å². The topological polar surface area (TPSA) is 82.2 Å². The second-order valence-corrected chi connectivity index (χ2v) is 4.94. The number of nitro groups is 1. The Bertz CT molecular complexity index is 528. The smallest absolute Gasteiger partial charge is 0.287 e. The van der Waals surface area contributed by atoms with Crippen molar-refractivity contribution in [1.82, 2.24) is 5.32 Å². The number of anilines is 1. The van der Waals surface area contributed by atoms with Crippen molar-refractivity contribution in [3.63, 3.8) is 0 Å². The summed E-state index contributed by atoms with van der Waals surface area (Å²) in [7, 11) is 0. The van der Waals surface area contributed by atoms with E-state index in [1.807, 2.05) is 6.07 Å². The van der Waals surface area contributed by atoms with Gasteiger partial charge in [-0.2, -0.15) is 5.26 Å². The highest BCUT2D eigenvalue weighted by atomic mass is 16.6. The molecule has 0 radical (unpaired) electrons. The second kappa shape index (κ2) is 5.24. The summed E-state index contributed by atoms with van der Waals surface area (Å²) in [4.78, 5) is 12.4. The second-order valence-electron chi connectivity index (χ2n) is 4.94. The van der Waals surface area contributed by atoms with E-state index >= 15 is 0 Å². The highest BCUT2D eigenvalue weighted by molar-refractivity contribution is 5.60. The number of nitriles is 1. The van der Waals surface area contributed by atoms with Crippen LogP contribution in [0.5, 0.6) is 0 Å². The maximum atomic E-state index is 10.8. The Labute approximate surface area is 111 Å². The van der Waals surface area contributed by atoms with Gasteiger partial charge in [-0.1, -0.05) is 0 Å². The molecule has 2 rings (SSSR count). The van der Waals surface area contributed by atoms with Gasteiger partial charge in [0, 0.05) is 36.9 Å². The summed E-state index contributed by atoms with van der Waals surface area (Å²) in [5, 5.41) is 23.2. The Kier molecular flexibility index (Phi) is 3.67. The Balaban J connectivity index is 2.31. The van der Waals surface area contributed by atoms with Crippen LogP contribution in [0.15, 0.2) is 18.2 Å². The van der Waals surface area contributed by atoms with Gasteiger partial charge in [-0.3, -0.25) is 10.1 Å². The van der Waals surface area contributed by atoms with Crippen molar-refractivity contribution in [3.8, 4) is 6.07 Å². The van der Waals surface area contributed by atoms with Crippen LogP contribution in [0.25, 0.3) is 0 Å². The minimum atomic E-state index is -0.522. The summed E-state index contributed by atoms with van der Waals surface area (Å²) < 4.78 is 0. The molecule has 1 fully saturated rings. The molecular weight excluding hydrogens is 244 g/mol. The Morgan fingerprint density at radius 3 is 2.58 bits per heavy atom. The number of rotatable bonds is 2. The summed E-state index contributed by atoms with van der Waals surface area (Å²) in [6.45, 7) is 5.85. The first kappa shape index (κ1) is 13.3. The fourth-order valence-electron chi connectivity index (χ4n) is 2.51. The molecule has 2 atom stereocenters. The predicted octanol–water partition coefficient (Wildman–Crippen LogP) is 1.65. The molecule has 1 saturated heterocycles. The summed E-state index contributed by atoms with van der Waals surface area (Å²) in [5.74, 6) is 0. The molecule has 1 aromatic carbocycles. The third-order valence-electron chi connectivity index (χ3n) is 3.22. The van der Waals surface area contributed by atoms with Gasteiger partial charge in [0.05, 0.1) is 4.92 Å². The van der Waals surface area contributed by atoms with E-state index in [-0.39, 0.29) is 11.3 Å². The summed E-state index contributed by atoms with van der Waals surface area (Å²) in [6, 6.07) is 7.32. The van der Waals surface area contributed by atoms with Crippen molar-refractivity contribution in [2.45, 2.75) is 25.9 Å². The van der Waals surface area contributed by atoms with Crippen LogP contribution in [-0.4, -0.2) is 30.1 Å². The first-order valence-electron chi connectivity index (χ1n) is 6.21. The van der Waals surface area contributed by atoms with Crippen LogP contribution in [0, 0.1) is 21.4 Å². The molecule has 0 amide bonds. The Hall–Kier alpha value is -2.13. The van der Waals surface area contributed by atoms with Gasteiger partial charge in [-0.25, -0.2) is 0 Å². The van der Waals surface area contributed by atoms with Crippen LogP contribution in [0.1, 0.15) is 19.4 Å². The molecular formula is C13H16N4O2. The summed E-state index contributed by atoms with van der Waals surface area (Å²) >= 11 is 0. The van der Waals surface area contributed by atoms with Gasteiger partial charge in [0.2, 0.25) is 0 Å². The van der Waals surface area contributed by atoms with Crippen LogP contribution in [0.4, 0.5) is 11.4 Å². The van der Waals surface area contributed by atoms with Gasteiger partial charge >= 0.3 is 0 Å². The number of hydrogen-bond donors (Lipinski definition) is 1. The summed E-state index contributed by atoms with van der Waals surface area (Å²) in [6.07, 6.45) is 0. The van der Waals surface area contributed by atoms with Gasteiger partial charge < -0.3 is 10.2 Å². The van der Waals surface area contributed by atoms with Crippen molar-refractivity contribution in [3.05, 3.63) is 33.9 Å². The lowest BCUT2D eigenvalue weighted by Crippen LogP contribution is -2.54. The van der Waals surface area contributed by atoms with Crippen LogP contribution in [-0.2, 0) is 0 Å². The molecule has 1 aliphatic rings. The molecule has 1 heterocycles. The molecule has 0 aliphatic carbocycles. The third kappa shape index (κ3) is 2.83. The van der Waals surface area contributed by atoms with Gasteiger partial charge in [0.15, 0.2) is 0 Å². The van der Waals surface area contributed by atoms with Crippen LogP contribution >= 0.6 is 0 Å². The fourth-order valence-corrected chi connectivity index (χ4v) is 2.51. The lowest BCUT2D eigenvalue weighted by Gasteiger charge is -2.37. The van der Waals surface area contributed by atoms with Gasteiger partial charge in [0.1, 0.15) is 11.6 Å². The van der Waals surface area contributed by atoms with E-state index in [0.29, 0.717) is 12.1 Å². The van der Waals surface area contributed by atoms with Crippen molar-refractivity contribution in [2.24, 2.45) is 0 Å². The normalized spacial score (nSPS) is 22.9. The maximum Gasteiger partial charge on any atom is 0.287 e. The third-order valence-corrected chi connectivity index (χ3v) is 3.22. The molecule has 0 saturated carbocycles. The zero-order valence-electron chi connectivity index (χ0n) is 11.0. The quantitative estimate of drug-likeness (QED) is 0.646. The van der Waals surface area contributed by atoms with Gasteiger partial charge in [-0.15, -0.1) is 0 Å². The van der Waals surface area contributed by atoms with E-state index in [4.69, 9.17) is 5.26 Å². The molecule has 0 aromatic heterocycles. The first-order chi connectivity index (χ1) is 9.01. The zero-order chi connectivity index (χ0) is 14.0. The first-order valence-corrected chi connectivity index (χ1v) is 6.21. The number of hydrogen-bond acceptors (Lipinski definition) is 5. The largest absolute Gasteiger partial charge is 0.368 e. The number of nitro benzene ring substituents is 1. The van der Waals surface area contributed by atoms with E-state index in [1.54, 1.807) is 12.1 Å². The zero-order valence-corrected chi connectivity index (χ0v) is 11.0. The van der Waals surface area contributed by atoms with Crippen molar-refractivity contribution < 1.29 is 4.92 Å². The van der Waals surface area contributed by atoms with Gasteiger partial charge in [0.25, 0.3) is 5.69 Å². The van der Waals surface area contributed by atoms with Crippen molar-refractivity contribution in [1.29, 1.82) is 5.26 Å². The highest BCUT2D eigenvalue weighted by Gasteiger charge is 2.23. The molecule has 0 bridgehead atoms. The molecule has 1 aliphatic heterocycles.